The SMILES string of the molecule is Cc1ccc2ccc3ccc(-c4ccccc4)c4c3c2[n+]1CO4.Cc1ccc2ccc3ccc(-c4ccco4)c4c3c2[n+]1CO4.Cc1ccc2ccc3ccc(C4(C)CCCCC4)c4c3c2[n+]1CO4.Cc1ccc2ccc3ccc(C4CCCC4)c4c3c2[n+]1CO4.Cc1ccc2ccc3ccc([Si](C)(c4ccccc4)c4ccccc4)c4c3c2[n+]1CO4. The monoisotopic (exact) mass is 1610 g/mol. The summed E-state index contributed by atoms with van der Waals surface area (Å²) in [5.41, 5.74) is 19.2. The van der Waals surface area contributed by atoms with E-state index in [0.717, 1.165) is 40.1 Å². The number of pyridine rings is 5. The van der Waals surface area contributed by atoms with Crippen molar-refractivity contribution in [1.82, 2.24) is 0 Å². The Balaban J connectivity index is 0.0000000916. The van der Waals surface area contributed by atoms with Crippen molar-refractivity contribution < 1.29 is 50.9 Å². The third kappa shape index (κ3) is 12.4. The van der Waals surface area contributed by atoms with Crippen molar-refractivity contribution in [2.45, 2.75) is 151 Å². The zero-order chi connectivity index (χ0) is 82.1. The Morgan fingerprint density at radius 2 is 0.648 bits per heavy atom. The molecule has 0 amide bonds. The minimum Gasteiger partial charge on any atom is -0.464 e. The molecule has 11 nitrogen and oxygen atoms in total. The van der Waals surface area contributed by atoms with Crippen LogP contribution in [0.25, 0.3) is 131 Å². The number of benzene rings is 13. The second-order valence-electron chi connectivity index (χ2n) is 34.9. The predicted octanol–water partition coefficient (Wildman–Crippen LogP) is 22.6. The van der Waals surface area contributed by atoms with E-state index in [1.807, 2.05) is 18.2 Å². The summed E-state index contributed by atoms with van der Waals surface area (Å²) in [7, 11) is -2.27. The van der Waals surface area contributed by atoms with Crippen LogP contribution in [0.5, 0.6) is 28.7 Å². The molecule has 0 saturated heterocycles. The number of aryl methyl sites for hydroxylation is 5. The summed E-state index contributed by atoms with van der Waals surface area (Å²) >= 11 is 0. The van der Waals surface area contributed by atoms with Crippen molar-refractivity contribution in [3.05, 3.63) is 331 Å². The van der Waals surface area contributed by atoms with Crippen molar-refractivity contribution in [2.75, 3.05) is 0 Å². The van der Waals surface area contributed by atoms with Gasteiger partial charge in [-0.25, -0.2) is 0 Å². The molecule has 598 valence electrons. The average molecular weight is 1610 g/mol. The average Bonchev–Trinajstić information content (AvgIpc) is 0.934. The Kier molecular flexibility index (Phi) is 18.5. The molecule has 12 heteroatoms. The fourth-order valence-electron chi connectivity index (χ4n) is 21.2. The molecular weight excluding hydrogens is 1520 g/mol. The first-order valence-corrected chi connectivity index (χ1v) is 46.1. The van der Waals surface area contributed by atoms with Gasteiger partial charge in [-0.15, -0.1) is 0 Å². The van der Waals surface area contributed by atoms with Gasteiger partial charge in [-0.3, -0.25) is 0 Å². The van der Waals surface area contributed by atoms with E-state index in [4.69, 9.17) is 28.1 Å². The molecule has 26 rings (SSSR count). The molecule has 2 saturated carbocycles. The molecule has 2 fully saturated rings. The third-order valence-electron chi connectivity index (χ3n) is 27.9. The lowest BCUT2D eigenvalue weighted by molar-refractivity contribution is -0.707. The van der Waals surface area contributed by atoms with Gasteiger partial charge in [-0.05, 0) is 176 Å². The highest BCUT2D eigenvalue weighted by Gasteiger charge is 2.42. The van der Waals surface area contributed by atoms with Crippen LogP contribution in [0.2, 0.25) is 6.55 Å². The lowest BCUT2D eigenvalue weighted by atomic mass is 9.70. The van der Waals surface area contributed by atoms with Gasteiger partial charge >= 0.3 is 0 Å². The van der Waals surface area contributed by atoms with Gasteiger partial charge in [0.2, 0.25) is 27.6 Å². The van der Waals surface area contributed by atoms with E-state index < -0.39 is 8.07 Å². The molecule has 0 bridgehead atoms. The van der Waals surface area contributed by atoms with E-state index in [1.54, 1.807) is 6.26 Å². The quantitative estimate of drug-likeness (QED) is 0.0685. The minimum atomic E-state index is -2.27. The van der Waals surface area contributed by atoms with Crippen molar-refractivity contribution >= 4 is 132 Å². The van der Waals surface area contributed by atoms with E-state index >= 15 is 0 Å². The molecule has 11 heterocycles. The third-order valence-corrected chi connectivity index (χ3v) is 32.4. The van der Waals surface area contributed by atoms with Crippen molar-refractivity contribution in [3.8, 4) is 51.2 Å². The van der Waals surface area contributed by atoms with Crippen LogP contribution in [0.15, 0.2) is 296 Å². The van der Waals surface area contributed by atoms with Gasteiger partial charge < -0.3 is 28.1 Å². The van der Waals surface area contributed by atoms with E-state index in [9.17, 15) is 0 Å². The lowest BCUT2D eigenvalue weighted by Gasteiger charge is -2.36. The van der Waals surface area contributed by atoms with Gasteiger partial charge in [0.1, 0.15) is 36.8 Å². The lowest BCUT2D eigenvalue weighted by Crippen LogP contribution is -2.65. The molecule has 5 aliphatic heterocycles. The molecule has 19 aromatic rings. The second kappa shape index (κ2) is 30.1. The van der Waals surface area contributed by atoms with Crippen LogP contribution < -0.4 is 62.1 Å². The summed E-state index contributed by atoms with van der Waals surface area (Å²) in [5.74, 6) is 6.82. The Morgan fingerprint density at radius 3 is 1.10 bits per heavy atom. The maximum atomic E-state index is 6.58. The van der Waals surface area contributed by atoms with Gasteiger partial charge in [0, 0.05) is 103 Å². The number of ether oxygens (including phenoxy) is 5. The summed E-state index contributed by atoms with van der Waals surface area (Å²) in [4.78, 5) is 0. The molecular formula is C110H98N5O6Si+5. The molecule has 0 atom stereocenters. The molecule has 6 aromatic heterocycles. The topological polar surface area (TPSA) is 78.7 Å². The fraction of sp³-hybridized carbons (Fsp3) is 0.209. The minimum absolute atomic E-state index is 0.260. The number of hydrogen-bond acceptors (Lipinski definition) is 6. The zero-order valence-corrected chi connectivity index (χ0v) is 71.4. The van der Waals surface area contributed by atoms with Crippen molar-refractivity contribution in [2.24, 2.45) is 0 Å². The van der Waals surface area contributed by atoms with E-state index in [-0.39, 0.29) is 5.41 Å². The molecule has 13 aromatic carbocycles. The molecule has 0 N–H and O–H groups in total. The number of hydrogen-bond donors (Lipinski definition) is 0. The smallest absolute Gasteiger partial charge is 0.292 e. The summed E-state index contributed by atoms with van der Waals surface area (Å²) in [6, 6.07) is 103. The Labute approximate surface area is 711 Å². The van der Waals surface area contributed by atoms with Crippen LogP contribution in [0, 0.1) is 34.6 Å². The number of aromatic nitrogens is 5. The Morgan fingerprint density at radius 1 is 0.303 bits per heavy atom. The van der Waals surface area contributed by atoms with Crippen LogP contribution in [0.1, 0.15) is 110 Å². The number of rotatable bonds is 7. The summed E-state index contributed by atoms with van der Waals surface area (Å²) in [6.45, 7) is 18.5. The predicted molar refractivity (Wildman–Crippen MR) is 493 cm³/mol. The number of furan rings is 1. The highest BCUT2D eigenvalue weighted by molar-refractivity contribution is 7.11. The summed E-state index contributed by atoms with van der Waals surface area (Å²) in [6.07, 6.45) is 13.6. The van der Waals surface area contributed by atoms with E-state index in [0.29, 0.717) is 39.6 Å². The molecule has 7 aliphatic rings. The molecule has 122 heavy (non-hydrogen) atoms. The van der Waals surface area contributed by atoms with Crippen LogP contribution in [0.3, 0.4) is 0 Å². The van der Waals surface area contributed by atoms with Crippen molar-refractivity contribution in [1.29, 1.82) is 0 Å². The summed E-state index contributed by atoms with van der Waals surface area (Å²) in [5, 5.41) is 23.0. The van der Waals surface area contributed by atoms with E-state index in [2.05, 4.69) is 338 Å². The van der Waals surface area contributed by atoms with Crippen LogP contribution in [0.4, 0.5) is 0 Å². The molecule has 2 aliphatic carbocycles. The maximum absolute atomic E-state index is 6.58. The highest BCUT2D eigenvalue weighted by Crippen LogP contribution is 2.50. The second-order valence-corrected chi connectivity index (χ2v) is 38.9. The molecule has 0 radical (unpaired) electrons. The van der Waals surface area contributed by atoms with Crippen LogP contribution in [-0.2, 0) is 39.1 Å². The fourth-order valence-corrected chi connectivity index (χ4v) is 24.9. The van der Waals surface area contributed by atoms with E-state index in [1.165, 1.54) is 232 Å². The largest absolute Gasteiger partial charge is 0.464 e. The maximum Gasteiger partial charge on any atom is 0.292 e. The van der Waals surface area contributed by atoms with Gasteiger partial charge in [-0.2, -0.15) is 22.8 Å². The van der Waals surface area contributed by atoms with Gasteiger partial charge in [0.15, 0.2) is 34.2 Å². The zero-order valence-electron chi connectivity index (χ0n) is 70.4. The van der Waals surface area contributed by atoms with Gasteiger partial charge in [-0.1, -0.05) is 215 Å². The Hall–Kier alpha value is -13.3. The molecule has 0 spiro atoms. The van der Waals surface area contributed by atoms with Crippen LogP contribution in [-0.4, -0.2) is 8.07 Å². The van der Waals surface area contributed by atoms with Gasteiger partial charge in [0.25, 0.3) is 33.7 Å². The molecule has 0 unspecified atom stereocenters. The first-order valence-electron chi connectivity index (χ1n) is 43.6. The normalized spacial score (nSPS) is 14.9. The first-order chi connectivity index (χ1) is 59.8. The standard InChI is InChI=1S/C28H24NOSi.C22H24NO.C21H16NO.C20H20NO.C19H14NO2/c1-20-13-14-22-16-15-21-17-18-25(28-26(21)27(22)29(20)19-30-28)31(2,23-9-5-3-6-10-23)24-11-7-4-8-12-24;1-15-6-7-17-9-8-16-10-11-18(22(2)12-4-3-5-13-22)21-19(16)20(17)23(15)14-24-21;1-14-7-8-17-10-9-16-11-12-18(15-5-3-2-4-6-15)21-19(16)20(17)22(14)13-23-21;1-13-6-7-16-9-8-15-10-11-17(14-4-2-3-5-14)20-18(15)19(16)21(13)12-22-20;1-12-4-5-14-7-6-13-8-9-15(16-3-2-10-21-16)19-17(13)18(14)20(12)11-22-19/h3-18H,19H2,1-2H3;6-11H,3-5,12-14H2,1-2H3;2-12H,13H2,1H3;6-11,14H,2-5,12H2,1H3;2-10H,11H2,1H3/q5*+1. The van der Waals surface area contributed by atoms with Crippen LogP contribution >= 0.6 is 0 Å². The number of nitrogens with zero attached hydrogens (tertiary/aromatic N) is 5. The summed E-state index contributed by atoms with van der Waals surface area (Å²) < 4.78 is 48.6. The first kappa shape index (κ1) is 75.0. The Bertz CT molecular complexity index is 7430. The highest BCUT2D eigenvalue weighted by atomic mass is 28.3. The van der Waals surface area contributed by atoms with Crippen molar-refractivity contribution in [3.63, 3.8) is 0 Å². The van der Waals surface area contributed by atoms with Gasteiger partial charge in [0.05, 0.1) is 38.8 Å².